The number of aromatic nitrogens is 2. The number of carbonyl (C=O) groups is 2. The molecule has 4 rings (SSSR count). The molecule has 3 aromatic heterocycles. The van der Waals surface area contributed by atoms with Gasteiger partial charge in [0, 0.05) is 54.1 Å². The van der Waals surface area contributed by atoms with Crippen molar-refractivity contribution in [2.45, 2.75) is 32.4 Å². The maximum absolute atomic E-state index is 12.6. The molecule has 0 fully saturated rings. The molecular weight excluding hydrogens is 508 g/mol. The minimum atomic E-state index is -0.429. The van der Waals surface area contributed by atoms with E-state index in [0.717, 1.165) is 45.4 Å². The highest BCUT2D eigenvalue weighted by Crippen LogP contribution is 2.40. The summed E-state index contributed by atoms with van der Waals surface area (Å²) in [5.74, 6) is 0.0159. The number of amides is 2. The number of pyridine rings is 1. The summed E-state index contributed by atoms with van der Waals surface area (Å²) >= 11 is 3.10. The first-order valence-electron chi connectivity index (χ1n) is 11.9. The van der Waals surface area contributed by atoms with Crippen molar-refractivity contribution >= 4 is 57.6 Å². The van der Waals surface area contributed by atoms with Gasteiger partial charge in [-0.3, -0.25) is 14.8 Å². The summed E-state index contributed by atoms with van der Waals surface area (Å²) < 4.78 is 5.51. The number of nitrogens with one attached hydrogen (secondary N) is 2. The Morgan fingerprint density at radius 1 is 1.32 bits per heavy atom. The molecule has 1 atom stereocenters. The first-order chi connectivity index (χ1) is 17.9. The second-order valence-corrected chi connectivity index (χ2v) is 11.1. The van der Waals surface area contributed by atoms with E-state index in [2.05, 4.69) is 32.3 Å². The van der Waals surface area contributed by atoms with Crippen LogP contribution in [-0.4, -0.2) is 49.4 Å². The predicted octanol–water partition coefficient (Wildman–Crippen LogP) is 4.55. The Kier molecular flexibility index (Phi) is 9.02. The van der Waals surface area contributed by atoms with Crippen LogP contribution in [0.4, 0.5) is 14.9 Å². The molecule has 1 unspecified atom stereocenters. The molecule has 11 heteroatoms. The van der Waals surface area contributed by atoms with Crippen LogP contribution in [0.2, 0.25) is 0 Å². The van der Waals surface area contributed by atoms with Crippen molar-refractivity contribution in [1.29, 1.82) is 0 Å². The number of thiophene rings is 1. The number of carbonyl (C=O) groups excluding carboxylic acids is 2. The van der Waals surface area contributed by atoms with Gasteiger partial charge in [0.25, 0.3) is 0 Å². The van der Waals surface area contributed by atoms with E-state index in [-0.39, 0.29) is 11.8 Å². The lowest BCUT2D eigenvalue weighted by Gasteiger charge is -2.22. The van der Waals surface area contributed by atoms with E-state index in [4.69, 9.17) is 4.74 Å². The normalized spacial score (nSPS) is 14.7. The maximum atomic E-state index is 12.6. The zero-order valence-electron chi connectivity index (χ0n) is 20.9. The molecule has 3 heterocycles. The van der Waals surface area contributed by atoms with Gasteiger partial charge < -0.3 is 20.3 Å². The number of rotatable bonds is 10. The third-order valence-corrected chi connectivity index (χ3v) is 8.25. The second-order valence-electron chi connectivity index (χ2n) is 8.87. The van der Waals surface area contributed by atoms with Crippen molar-refractivity contribution in [3.63, 3.8) is 0 Å². The average Bonchev–Trinajstić information content (AvgIpc) is 3.51. The number of hydrogen-bond donors (Lipinski definition) is 2. The third-order valence-electron chi connectivity index (χ3n) is 5.88. The topological polar surface area (TPSA) is 109 Å². The lowest BCUT2D eigenvalue weighted by atomic mass is 9.87. The quantitative estimate of drug-likeness (QED) is 0.290. The molecular formula is C26H30N6O3S2. The fourth-order valence-electron chi connectivity index (χ4n) is 4.03. The van der Waals surface area contributed by atoms with E-state index in [1.54, 1.807) is 36.0 Å². The zero-order chi connectivity index (χ0) is 26.2. The van der Waals surface area contributed by atoms with Crippen molar-refractivity contribution in [2.75, 3.05) is 30.9 Å². The molecule has 1 aliphatic rings. The molecule has 2 N–H and O–H groups in total. The van der Waals surface area contributed by atoms with Crippen molar-refractivity contribution in [2.24, 2.45) is 10.9 Å². The number of aliphatic imine (C=N–C) groups is 1. The van der Waals surface area contributed by atoms with Crippen LogP contribution in [0, 0.1) is 5.92 Å². The highest BCUT2D eigenvalue weighted by atomic mass is 32.1. The molecule has 0 radical (unpaired) electrons. The van der Waals surface area contributed by atoms with Crippen LogP contribution in [0.5, 0.6) is 0 Å². The van der Waals surface area contributed by atoms with Gasteiger partial charge in [-0.15, -0.1) is 22.7 Å². The van der Waals surface area contributed by atoms with Gasteiger partial charge in [0.1, 0.15) is 5.00 Å². The van der Waals surface area contributed by atoms with Crippen LogP contribution in [0.3, 0.4) is 0 Å². The standard InChI is InChI=1S/C26H30N6O3S2/c1-27-15-21-20-8-6-18(16-35-26(34)30-14-19-13-29-25(36-19)32(2)3)11-22(20)37-24(21)31-23(33)9-7-17-5-4-10-28-12-17/h4-5,7,9-10,12-13,18H,1,6,8,11,14-16H2,2-3H3,(H,30,34)(H,31,33)/b9-7+. The number of nitrogens with zero attached hydrogens (tertiary/aromatic N) is 4. The molecule has 0 bridgehead atoms. The lowest BCUT2D eigenvalue weighted by molar-refractivity contribution is -0.111. The Labute approximate surface area is 224 Å². The van der Waals surface area contributed by atoms with Crippen molar-refractivity contribution in [1.82, 2.24) is 15.3 Å². The number of hydrogen-bond acceptors (Lipinski definition) is 9. The first-order valence-corrected chi connectivity index (χ1v) is 13.5. The molecule has 0 saturated heterocycles. The molecule has 0 aliphatic heterocycles. The minimum absolute atomic E-state index is 0.206. The maximum Gasteiger partial charge on any atom is 0.407 e. The SMILES string of the molecule is C=NCc1c(NC(=O)/C=C/c2cccnc2)sc2c1CCC(COC(=O)NCc1cnc(N(C)C)s1)C2. The number of thiazole rings is 1. The van der Waals surface area contributed by atoms with Gasteiger partial charge in [0.05, 0.1) is 19.7 Å². The largest absolute Gasteiger partial charge is 0.449 e. The van der Waals surface area contributed by atoms with Gasteiger partial charge in [-0.05, 0) is 55.2 Å². The van der Waals surface area contributed by atoms with Crippen LogP contribution in [0.25, 0.3) is 6.08 Å². The van der Waals surface area contributed by atoms with Crippen LogP contribution >= 0.6 is 22.7 Å². The summed E-state index contributed by atoms with van der Waals surface area (Å²) in [5, 5.41) is 7.51. The summed E-state index contributed by atoms with van der Waals surface area (Å²) in [6.07, 6.45) is 10.5. The van der Waals surface area contributed by atoms with Gasteiger partial charge in [0.15, 0.2) is 5.13 Å². The monoisotopic (exact) mass is 538 g/mol. The molecule has 0 aromatic carbocycles. The predicted molar refractivity (Wildman–Crippen MR) is 150 cm³/mol. The highest BCUT2D eigenvalue weighted by Gasteiger charge is 2.27. The smallest absolute Gasteiger partial charge is 0.407 e. The number of anilines is 2. The third kappa shape index (κ3) is 7.23. The van der Waals surface area contributed by atoms with Gasteiger partial charge in [-0.25, -0.2) is 9.78 Å². The van der Waals surface area contributed by atoms with E-state index in [1.807, 2.05) is 31.1 Å². The second kappa shape index (κ2) is 12.6. The number of fused-ring (bicyclic) bond motifs is 1. The van der Waals surface area contributed by atoms with Gasteiger partial charge >= 0.3 is 6.09 Å². The van der Waals surface area contributed by atoms with Crippen LogP contribution in [0.1, 0.15) is 32.9 Å². The molecule has 1 aliphatic carbocycles. The first kappa shape index (κ1) is 26.5. The molecule has 3 aromatic rings. The van der Waals surface area contributed by atoms with E-state index < -0.39 is 6.09 Å². The van der Waals surface area contributed by atoms with E-state index in [9.17, 15) is 9.59 Å². The molecule has 0 spiro atoms. The fraction of sp³-hybridized carbons (Fsp3) is 0.346. The molecule has 37 heavy (non-hydrogen) atoms. The Hall–Kier alpha value is -3.57. The summed E-state index contributed by atoms with van der Waals surface area (Å²) in [4.78, 5) is 41.3. The Morgan fingerprint density at radius 3 is 2.92 bits per heavy atom. The Morgan fingerprint density at radius 2 is 2.19 bits per heavy atom. The van der Waals surface area contributed by atoms with Crippen molar-refractivity contribution < 1.29 is 14.3 Å². The fourth-order valence-corrected chi connectivity index (χ4v) is 6.18. The summed E-state index contributed by atoms with van der Waals surface area (Å²) in [7, 11) is 3.87. The number of ether oxygens (including phenoxy) is 1. The highest BCUT2D eigenvalue weighted by molar-refractivity contribution is 7.16. The lowest BCUT2D eigenvalue weighted by Crippen LogP contribution is -2.27. The molecule has 194 valence electrons. The molecule has 2 amide bonds. The van der Waals surface area contributed by atoms with E-state index >= 15 is 0 Å². The van der Waals surface area contributed by atoms with Gasteiger partial charge in [-0.1, -0.05) is 6.07 Å². The molecule has 0 saturated carbocycles. The minimum Gasteiger partial charge on any atom is -0.449 e. The summed E-state index contributed by atoms with van der Waals surface area (Å²) in [5.41, 5.74) is 3.11. The molecule has 9 nitrogen and oxygen atoms in total. The van der Waals surface area contributed by atoms with Crippen LogP contribution in [-0.2, 0) is 35.5 Å². The van der Waals surface area contributed by atoms with E-state index in [1.165, 1.54) is 27.9 Å². The summed E-state index contributed by atoms with van der Waals surface area (Å²) in [6.45, 7) is 4.83. The van der Waals surface area contributed by atoms with Crippen LogP contribution in [0.15, 0.2) is 41.8 Å². The zero-order valence-corrected chi connectivity index (χ0v) is 22.5. The van der Waals surface area contributed by atoms with Crippen LogP contribution < -0.4 is 15.5 Å². The summed E-state index contributed by atoms with van der Waals surface area (Å²) in [6, 6.07) is 3.71. The van der Waals surface area contributed by atoms with Gasteiger partial charge in [0.2, 0.25) is 5.91 Å². The van der Waals surface area contributed by atoms with Crippen molar-refractivity contribution in [3.8, 4) is 0 Å². The van der Waals surface area contributed by atoms with E-state index in [0.29, 0.717) is 19.7 Å². The Balaban J connectivity index is 1.31. The van der Waals surface area contributed by atoms with Gasteiger partial charge in [-0.2, -0.15) is 0 Å². The Bertz CT molecular complexity index is 1270. The number of alkyl carbamates (subject to hydrolysis) is 1. The average molecular weight is 539 g/mol. The van der Waals surface area contributed by atoms with Crippen molar-refractivity contribution in [3.05, 3.63) is 63.2 Å².